The molecular formula is C27H23ClF4N6O4. The van der Waals surface area contributed by atoms with Crippen molar-refractivity contribution < 1.29 is 31.8 Å². The second-order valence-electron chi connectivity index (χ2n) is 8.96. The first kappa shape index (κ1) is 30.1. The fourth-order valence-electron chi connectivity index (χ4n) is 4.37. The van der Waals surface area contributed by atoms with Crippen LogP contribution in [-0.4, -0.2) is 37.3 Å². The zero-order valence-electron chi connectivity index (χ0n) is 22.0. The standard InChI is InChI=1S/C27H22F4N6O4.ClH/c1-36-25-19(15-3-8-21(22(9-15)40-2)41-13-23-32-14-33-35-23)10-16(27(29,30)31)11-20(25)37(26(36)39)12-24(38)34-18-6-4-17(28)5-7-18;/h3-11,14H,12-13H2,1-2H3,(H,34,38)(H,32,33,35);1H. The summed E-state index contributed by atoms with van der Waals surface area (Å²) in [6.45, 7) is -0.535. The average molecular weight is 607 g/mol. The van der Waals surface area contributed by atoms with Crippen LogP contribution in [0.3, 0.4) is 0 Å². The third kappa shape index (κ3) is 6.07. The summed E-state index contributed by atoms with van der Waals surface area (Å²) in [4.78, 5) is 28.7. The number of anilines is 1. The van der Waals surface area contributed by atoms with Gasteiger partial charge in [-0.25, -0.2) is 9.18 Å². The highest BCUT2D eigenvalue weighted by atomic mass is 35.5. The normalized spacial score (nSPS) is 11.3. The number of ether oxygens (including phenoxy) is 2. The minimum absolute atomic E-state index is 0. The molecule has 0 aliphatic carbocycles. The molecular weight excluding hydrogens is 584 g/mol. The van der Waals surface area contributed by atoms with E-state index in [-0.39, 0.29) is 47.0 Å². The van der Waals surface area contributed by atoms with Crippen molar-refractivity contribution in [1.82, 2.24) is 24.3 Å². The number of nitrogens with one attached hydrogen (secondary N) is 2. The quantitative estimate of drug-likeness (QED) is 0.242. The maximum Gasteiger partial charge on any atom is 0.416 e. The van der Waals surface area contributed by atoms with Crippen LogP contribution in [0.4, 0.5) is 23.2 Å². The van der Waals surface area contributed by atoms with E-state index in [2.05, 4.69) is 20.5 Å². The van der Waals surface area contributed by atoms with E-state index < -0.39 is 35.7 Å². The van der Waals surface area contributed by atoms with Gasteiger partial charge in [0, 0.05) is 18.3 Å². The third-order valence-corrected chi connectivity index (χ3v) is 6.30. The highest BCUT2D eigenvalue weighted by Crippen LogP contribution is 2.39. The molecule has 5 rings (SSSR count). The van der Waals surface area contributed by atoms with Gasteiger partial charge in [-0.15, -0.1) is 22.6 Å². The molecule has 220 valence electrons. The smallest absolute Gasteiger partial charge is 0.416 e. The number of hydrogen-bond acceptors (Lipinski definition) is 6. The van der Waals surface area contributed by atoms with E-state index in [1.807, 2.05) is 0 Å². The summed E-state index contributed by atoms with van der Waals surface area (Å²) in [5.41, 5.74) is -0.965. The Balaban J connectivity index is 0.00000405. The molecule has 2 aromatic heterocycles. The van der Waals surface area contributed by atoms with E-state index in [0.717, 1.165) is 28.8 Å². The largest absolute Gasteiger partial charge is 0.493 e. The van der Waals surface area contributed by atoms with Gasteiger partial charge in [-0.1, -0.05) is 6.07 Å². The number of rotatable bonds is 8. The van der Waals surface area contributed by atoms with Gasteiger partial charge in [0.25, 0.3) is 0 Å². The van der Waals surface area contributed by atoms with Crippen LogP contribution >= 0.6 is 12.4 Å². The number of methoxy groups -OCH3 is 1. The number of nitrogens with zero attached hydrogens (tertiary/aromatic N) is 4. The van der Waals surface area contributed by atoms with Crippen molar-refractivity contribution in [3.63, 3.8) is 0 Å². The lowest BCUT2D eigenvalue weighted by Crippen LogP contribution is -2.28. The van der Waals surface area contributed by atoms with Crippen molar-refractivity contribution >= 4 is 35.0 Å². The van der Waals surface area contributed by atoms with E-state index in [0.29, 0.717) is 17.1 Å². The lowest BCUT2D eigenvalue weighted by molar-refractivity contribution is -0.137. The second kappa shape index (κ2) is 11.9. The van der Waals surface area contributed by atoms with Crippen LogP contribution in [0.2, 0.25) is 0 Å². The third-order valence-electron chi connectivity index (χ3n) is 6.30. The van der Waals surface area contributed by atoms with E-state index in [1.165, 1.54) is 55.4 Å². The maximum atomic E-state index is 14.0. The highest BCUT2D eigenvalue weighted by Gasteiger charge is 2.33. The number of carbonyl (C=O) groups is 1. The number of alkyl halides is 3. The summed E-state index contributed by atoms with van der Waals surface area (Å²) < 4.78 is 68.5. The first-order valence-electron chi connectivity index (χ1n) is 12.1. The fourth-order valence-corrected chi connectivity index (χ4v) is 4.37. The summed E-state index contributed by atoms with van der Waals surface area (Å²) >= 11 is 0. The van der Waals surface area contributed by atoms with Gasteiger partial charge >= 0.3 is 11.9 Å². The van der Waals surface area contributed by atoms with E-state index in [1.54, 1.807) is 0 Å². The Bertz CT molecular complexity index is 1780. The molecule has 10 nitrogen and oxygen atoms in total. The number of aryl methyl sites for hydroxylation is 1. The van der Waals surface area contributed by atoms with Gasteiger partial charge in [0.05, 0.1) is 23.7 Å². The number of H-pyrrole nitrogens is 1. The molecule has 0 spiro atoms. The number of fused-ring (bicyclic) bond motifs is 1. The minimum Gasteiger partial charge on any atom is -0.493 e. The van der Waals surface area contributed by atoms with Crippen LogP contribution in [-0.2, 0) is 31.2 Å². The van der Waals surface area contributed by atoms with Gasteiger partial charge in [0.2, 0.25) is 5.91 Å². The lowest BCUT2D eigenvalue weighted by atomic mass is 10.00. The molecule has 3 aromatic carbocycles. The molecule has 0 saturated heterocycles. The van der Waals surface area contributed by atoms with Crippen LogP contribution in [0.5, 0.6) is 11.5 Å². The number of hydrogen-bond donors (Lipinski definition) is 2. The molecule has 0 aliphatic heterocycles. The average Bonchev–Trinajstić information content (AvgIpc) is 3.55. The van der Waals surface area contributed by atoms with E-state index >= 15 is 0 Å². The Kier molecular flexibility index (Phi) is 8.56. The van der Waals surface area contributed by atoms with Crippen LogP contribution in [0.1, 0.15) is 11.4 Å². The first-order valence-corrected chi connectivity index (χ1v) is 12.1. The zero-order valence-corrected chi connectivity index (χ0v) is 22.8. The number of aromatic amines is 1. The van der Waals surface area contributed by atoms with Crippen LogP contribution in [0.25, 0.3) is 22.2 Å². The highest BCUT2D eigenvalue weighted by molar-refractivity contribution is 5.96. The number of aromatic nitrogens is 5. The molecule has 0 fully saturated rings. The number of carbonyl (C=O) groups excluding carboxylic acids is 1. The maximum absolute atomic E-state index is 14.0. The summed E-state index contributed by atoms with van der Waals surface area (Å²) in [5, 5.41) is 10.0. The summed E-state index contributed by atoms with van der Waals surface area (Å²) in [6.07, 6.45) is -3.36. The number of benzene rings is 3. The molecule has 0 saturated carbocycles. The van der Waals surface area contributed by atoms with Crippen LogP contribution in [0, 0.1) is 5.82 Å². The Hall–Kier alpha value is -4.85. The molecule has 0 unspecified atom stereocenters. The number of amides is 1. The van der Waals surface area contributed by atoms with Gasteiger partial charge in [-0.05, 0) is 54.1 Å². The molecule has 2 heterocycles. The van der Waals surface area contributed by atoms with Crippen molar-refractivity contribution in [3.8, 4) is 22.6 Å². The van der Waals surface area contributed by atoms with E-state index in [9.17, 15) is 27.2 Å². The zero-order chi connectivity index (χ0) is 29.3. The molecule has 5 aromatic rings. The first-order chi connectivity index (χ1) is 19.5. The van der Waals surface area contributed by atoms with Gasteiger partial charge in [0.1, 0.15) is 25.3 Å². The van der Waals surface area contributed by atoms with Gasteiger partial charge in [-0.3, -0.25) is 13.9 Å². The summed E-state index contributed by atoms with van der Waals surface area (Å²) in [6, 6.07) is 11.3. The molecule has 0 atom stereocenters. The summed E-state index contributed by atoms with van der Waals surface area (Å²) in [5.74, 6) is -0.197. The van der Waals surface area contributed by atoms with Gasteiger partial charge < -0.3 is 19.8 Å². The van der Waals surface area contributed by atoms with Crippen molar-refractivity contribution in [1.29, 1.82) is 0 Å². The van der Waals surface area contributed by atoms with Crippen molar-refractivity contribution in [2.24, 2.45) is 7.05 Å². The second-order valence-corrected chi connectivity index (χ2v) is 8.96. The monoisotopic (exact) mass is 606 g/mol. The Morgan fingerprint density at radius 3 is 2.45 bits per heavy atom. The predicted octanol–water partition coefficient (Wildman–Crippen LogP) is 4.93. The van der Waals surface area contributed by atoms with E-state index in [4.69, 9.17) is 9.47 Å². The number of halogens is 5. The van der Waals surface area contributed by atoms with Crippen LogP contribution < -0.4 is 20.5 Å². The predicted molar refractivity (Wildman–Crippen MR) is 147 cm³/mol. The van der Waals surface area contributed by atoms with Gasteiger partial charge in [-0.2, -0.15) is 13.2 Å². The van der Waals surface area contributed by atoms with Crippen molar-refractivity contribution in [2.45, 2.75) is 19.3 Å². The molecule has 0 bridgehead atoms. The van der Waals surface area contributed by atoms with Crippen molar-refractivity contribution in [2.75, 3.05) is 12.4 Å². The number of imidazole rings is 1. The fraction of sp³-hybridized carbons (Fsp3) is 0.185. The molecule has 42 heavy (non-hydrogen) atoms. The molecule has 15 heteroatoms. The van der Waals surface area contributed by atoms with Crippen molar-refractivity contribution in [3.05, 3.63) is 88.6 Å². The Labute approximate surface area is 241 Å². The Morgan fingerprint density at radius 2 is 1.81 bits per heavy atom. The topological polar surface area (TPSA) is 116 Å². The van der Waals surface area contributed by atoms with Crippen LogP contribution in [0.15, 0.2) is 65.7 Å². The molecule has 1 amide bonds. The molecule has 0 radical (unpaired) electrons. The minimum atomic E-state index is -4.75. The Morgan fingerprint density at radius 1 is 1.07 bits per heavy atom. The SMILES string of the molecule is COc1cc(-c2cc(C(F)(F)F)cc3c2n(C)c(=O)n3CC(=O)Nc2ccc(F)cc2)ccc1OCc1nnc[nH]1.Cl. The molecule has 2 N–H and O–H groups in total. The van der Waals surface area contributed by atoms with Gasteiger partial charge in [0.15, 0.2) is 17.3 Å². The lowest BCUT2D eigenvalue weighted by Gasteiger charge is -2.15. The molecule has 0 aliphatic rings. The summed E-state index contributed by atoms with van der Waals surface area (Å²) in [7, 11) is 2.79.